The number of rotatable bonds is 35. The maximum absolute atomic E-state index is 12.5. The fourth-order valence-electron chi connectivity index (χ4n) is 5.77. The van der Waals surface area contributed by atoms with E-state index in [1.807, 2.05) is 0 Å². The lowest BCUT2D eigenvalue weighted by molar-refractivity contribution is -0.122. The van der Waals surface area contributed by atoms with Gasteiger partial charge in [0, 0.05) is 6.42 Å². The maximum Gasteiger partial charge on any atom is 0.266 e. The molecule has 0 aromatic rings. The van der Waals surface area contributed by atoms with Crippen LogP contribution in [0.5, 0.6) is 0 Å². The molecule has 284 valence electrons. The summed E-state index contributed by atoms with van der Waals surface area (Å²) in [7, 11) is -4.31. The minimum absolute atomic E-state index is 0.260. The highest BCUT2D eigenvalue weighted by Crippen LogP contribution is 2.15. The predicted molar refractivity (Wildman–Crippen MR) is 211 cm³/mol. The van der Waals surface area contributed by atoms with E-state index < -0.39 is 28.0 Å². The standard InChI is InChI=1S/C42H75NO5S/c1-3-5-7-9-11-13-15-16-17-18-19-20-21-22-23-24-25-26-28-30-32-34-36-38-42(45)43-40(39-49(46,47)48)41(44)37-35-33-31-29-27-14-12-10-8-6-4-2/h5,7,11,13,16-17,19-20,22-23,40-41,44H,3-4,6,8-10,12,14-15,18,21,24-39H2,1-2H3,(H,43,45)(H,46,47,48)/b7-5-,13-11-,17-16-,20-19-,23-22-. The van der Waals surface area contributed by atoms with Gasteiger partial charge in [0.2, 0.25) is 5.91 Å². The Morgan fingerprint density at radius 3 is 1.45 bits per heavy atom. The molecule has 0 saturated heterocycles. The van der Waals surface area contributed by atoms with E-state index in [2.05, 4.69) is 79.9 Å². The van der Waals surface area contributed by atoms with Crippen molar-refractivity contribution in [3.63, 3.8) is 0 Å². The third kappa shape index (κ3) is 37.1. The zero-order valence-electron chi connectivity index (χ0n) is 31.5. The van der Waals surface area contributed by atoms with Gasteiger partial charge in [0.05, 0.1) is 17.9 Å². The first-order valence-corrected chi connectivity index (χ1v) is 21.6. The number of hydrogen-bond donors (Lipinski definition) is 3. The van der Waals surface area contributed by atoms with Gasteiger partial charge >= 0.3 is 0 Å². The SMILES string of the molecule is CC/C=C\C/C=C\C/C=C\C/C=C\C/C=C\CCCCCCCCCC(=O)NC(CS(=O)(=O)O)C(O)CCCCCCCCCCCCC. The Bertz CT molecular complexity index is 999. The van der Waals surface area contributed by atoms with Gasteiger partial charge in [-0.1, -0.05) is 177 Å². The summed E-state index contributed by atoms with van der Waals surface area (Å²) in [6.07, 6.45) is 48.8. The van der Waals surface area contributed by atoms with Gasteiger partial charge in [-0.2, -0.15) is 8.42 Å². The topological polar surface area (TPSA) is 104 Å². The number of amides is 1. The van der Waals surface area contributed by atoms with E-state index in [-0.39, 0.29) is 5.91 Å². The van der Waals surface area contributed by atoms with E-state index in [4.69, 9.17) is 0 Å². The predicted octanol–water partition coefficient (Wildman–Crippen LogP) is 11.7. The van der Waals surface area contributed by atoms with Crippen LogP contribution in [-0.2, 0) is 14.9 Å². The Balaban J connectivity index is 3.89. The molecule has 0 aromatic carbocycles. The number of allylic oxidation sites excluding steroid dienone is 10. The highest BCUT2D eigenvalue weighted by molar-refractivity contribution is 7.85. The molecule has 0 aliphatic heterocycles. The maximum atomic E-state index is 12.5. The van der Waals surface area contributed by atoms with Gasteiger partial charge in [0.25, 0.3) is 10.1 Å². The Kier molecular flexibility index (Phi) is 34.4. The molecule has 0 heterocycles. The molecule has 0 spiro atoms. The second-order valence-corrected chi connectivity index (χ2v) is 15.0. The Hall–Kier alpha value is -1.96. The van der Waals surface area contributed by atoms with Crippen molar-refractivity contribution in [2.24, 2.45) is 0 Å². The van der Waals surface area contributed by atoms with E-state index in [1.165, 1.54) is 70.6 Å². The number of carbonyl (C=O) groups excluding carboxylic acids is 1. The summed E-state index contributed by atoms with van der Waals surface area (Å²) in [6.45, 7) is 4.38. The Morgan fingerprint density at radius 1 is 0.571 bits per heavy atom. The van der Waals surface area contributed by atoms with Crippen molar-refractivity contribution < 1.29 is 22.9 Å². The molecule has 0 aliphatic rings. The fourth-order valence-corrected chi connectivity index (χ4v) is 6.53. The summed E-state index contributed by atoms with van der Waals surface area (Å²) >= 11 is 0. The van der Waals surface area contributed by atoms with Gasteiger partial charge in [0.15, 0.2) is 0 Å². The Morgan fingerprint density at radius 2 is 0.980 bits per heavy atom. The molecule has 7 heteroatoms. The second-order valence-electron chi connectivity index (χ2n) is 13.5. The van der Waals surface area contributed by atoms with Gasteiger partial charge < -0.3 is 10.4 Å². The monoisotopic (exact) mass is 706 g/mol. The van der Waals surface area contributed by atoms with Crippen LogP contribution in [-0.4, -0.2) is 41.9 Å². The average molecular weight is 706 g/mol. The smallest absolute Gasteiger partial charge is 0.266 e. The molecule has 0 aliphatic carbocycles. The van der Waals surface area contributed by atoms with Crippen molar-refractivity contribution in [1.29, 1.82) is 0 Å². The molecule has 2 unspecified atom stereocenters. The number of unbranched alkanes of at least 4 members (excludes halogenated alkanes) is 17. The highest BCUT2D eigenvalue weighted by Gasteiger charge is 2.26. The minimum Gasteiger partial charge on any atom is -0.391 e. The van der Waals surface area contributed by atoms with E-state index >= 15 is 0 Å². The van der Waals surface area contributed by atoms with Crippen LogP contribution < -0.4 is 5.32 Å². The van der Waals surface area contributed by atoms with Crippen LogP contribution in [0.1, 0.15) is 181 Å². The number of nitrogens with one attached hydrogen (secondary N) is 1. The summed E-state index contributed by atoms with van der Waals surface area (Å²) < 4.78 is 32.4. The normalized spacial score (nSPS) is 14.0. The largest absolute Gasteiger partial charge is 0.391 e. The van der Waals surface area contributed by atoms with Crippen molar-refractivity contribution in [3.05, 3.63) is 60.8 Å². The molecule has 0 rings (SSSR count). The second kappa shape index (κ2) is 35.9. The van der Waals surface area contributed by atoms with Crippen LogP contribution >= 0.6 is 0 Å². The van der Waals surface area contributed by atoms with Gasteiger partial charge in [-0.15, -0.1) is 0 Å². The van der Waals surface area contributed by atoms with Crippen LogP contribution in [0.2, 0.25) is 0 Å². The molecule has 0 saturated carbocycles. The van der Waals surface area contributed by atoms with Crippen molar-refractivity contribution in [3.8, 4) is 0 Å². The molecule has 3 N–H and O–H groups in total. The molecule has 0 fully saturated rings. The average Bonchev–Trinajstić information content (AvgIpc) is 3.06. The molecule has 49 heavy (non-hydrogen) atoms. The van der Waals surface area contributed by atoms with Crippen LogP contribution in [0.15, 0.2) is 60.8 Å². The number of hydrogen-bond acceptors (Lipinski definition) is 4. The van der Waals surface area contributed by atoms with Gasteiger partial charge in [0.1, 0.15) is 0 Å². The van der Waals surface area contributed by atoms with Gasteiger partial charge in [-0.25, -0.2) is 0 Å². The third-order valence-corrected chi connectivity index (χ3v) is 9.52. The molecular weight excluding hydrogens is 631 g/mol. The van der Waals surface area contributed by atoms with E-state index in [0.717, 1.165) is 83.5 Å². The third-order valence-electron chi connectivity index (χ3n) is 8.74. The summed E-state index contributed by atoms with van der Waals surface area (Å²) in [5.74, 6) is -0.916. The molecule has 0 bridgehead atoms. The zero-order chi connectivity index (χ0) is 36.1. The lowest BCUT2D eigenvalue weighted by atomic mass is 10.0. The molecule has 0 aromatic heterocycles. The molecule has 2 atom stereocenters. The van der Waals surface area contributed by atoms with E-state index in [9.17, 15) is 22.9 Å². The summed E-state index contributed by atoms with van der Waals surface area (Å²) in [6, 6.07) is -0.978. The number of aliphatic hydroxyl groups excluding tert-OH is 1. The first-order valence-electron chi connectivity index (χ1n) is 20.0. The molecular formula is C42H75NO5S. The number of aliphatic hydroxyl groups is 1. The molecule has 0 radical (unpaired) electrons. The number of carbonyl (C=O) groups is 1. The molecule has 6 nitrogen and oxygen atoms in total. The van der Waals surface area contributed by atoms with Crippen LogP contribution in [0.3, 0.4) is 0 Å². The quantitative estimate of drug-likeness (QED) is 0.0346. The molecule has 1 amide bonds. The minimum atomic E-state index is -4.31. The summed E-state index contributed by atoms with van der Waals surface area (Å²) in [5, 5.41) is 13.3. The van der Waals surface area contributed by atoms with Crippen LogP contribution in [0.25, 0.3) is 0 Å². The van der Waals surface area contributed by atoms with Gasteiger partial charge in [-0.3, -0.25) is 9.35 Å². The van der Waals surface area contributed by atoms with Crippen molar-refractivity contribution >= 4 is 16.0 Å². The first kappa shape index (κ1) is 47.0. The van der Waals surface area contributed by atoms with Crippen LogP contribution in [0.4, 0.5) is 0 Å². The van der Waals surface area contributed by atoms with E-state index in [1.54, 1.807) is 0 Å². The zero-order valence-corrected chi connectivity index (χ0v) is 32.4. The summed E-state index contributed by atoms with van der Waals surface area (Å²) in [4.78, 5) is 12.5. The van der Waals surface area contributed by atoms with E-state index in [0.29, 0.717) is 12.8 Å². The lowest BCUT2D eigenvalue weighted by Crippen LogP contribution is -2.47. The summed E-state index contributed by atoms with van der Waals surface area (Å²) in [5.41, 5.74) is 0. The first-order chi connectivity index (χ1) is 23.8. The van der Waals surface area contributed by atoms with Crippen molar-refractivity contribution in [2.45, 2.75) is 193 Å². The van der Waals surface area contributed by atoms with Crippen molar-refractivity contribution in [1.82, 2.24) is 5.32 Å². The Labute approximate surface area is 302 Å². The highest BCUT2D eigenvalue weighted by atomic mass is 32.2. The van der Waals surface area contributed by atoms with Crippen molar-refractivity contribution in [2.75, 3.05) is 5.75 Å². The fraction of sp³-hybridized carbons (Fsp3) is 0.738. The van der Waals surface area contributed by atoms with Gasteiger partial charge in [-0.05, 0) is 57.8 Å². The van der Waals surface area contributed by atoms with Crippen LogP contribution in [0, 0.1) is 0 Å². The lowest BCUT2D eigenvalue weighted by Gasteiger charge is -2.23.